The van der Waals surface area contributed by atoms with Crippen LogP contribution in [-0.4, -0.2) is 37.6 Å². The van der Waals surface area contributed by atoms with E-state index in [2.05, 4.69) is 10.9 Å². The molecule has 1 saturated heterocycles. The lowest BCUT2D eigenvalue weighted by Gasteiger charge is -2.15. The summed E-state index contributed by atoms with van der Waals surface area (Å²) >= 11 is 0. The van der Waals surface area contributed by atoms with Crippen LogP contribution in [0, 0.1) is 6.92 Å². The SMILES string of the molecule is Cc1ccc(/C=C/C(=O)NNC(=O)c2ccc(S(=O)(=O)N3CCCC3)cc2)o1. The number of nitrogens with one attached hydrogen (secondary N) is 2. The molecule has 2 amide bonds. The predicted octanol–water partition coefficient (Wildman–Crippen LogP) is 1.85. The predicted molar refractivity (Wildman–Crippen MR) is 103 cm³/mol. The van der Waals surface area contributed by atoms with Gasteiger partial charge in [-0.15, -0.1) is 0 Å². The minimum absolute atomic E-state index is 0.145. The van der Waals surface area contributed by atoms with Gasteiger partial charge in [-0.25, -0.2) is 8.42 Å². The van der Waals surface area contributed by atoms with Gasteiger partial charge >= 0.3 is 0 Å². The second kappa shape index (κ2) is 8.41. The number of hydrogen-bond donors (Lipinski definition) is 2. The Labute approximate surface area is 163 Å². The molecule has 1 aliphatic rings. The zero-order valence-corrected chi connectivity index (χ0v) is 16.2. The molecule has 3 rings (SSSR count). The Kier molecular flexibility index (Phi) is 5.96. The number of carbonyl (C=O) groups is 2. The molecule has 0 aliphatic carbocycles. The first-order valence-electron chi connectivity index (χ1n) is 8.81. The molecule has 0 radical (unpaired) electrons. The maximum Gasteiger partial charge on any atom is 0.269 e. The van der Waals surface area contributed by atoms with E-state index in [0.29, 0.717) is 18.8 Å². The van der Waals surface area contributed by atoms with Crippen molar-refractivity contribution in [2.45, 2.75) is 24.7 Å². The molecular weight excluding hydrogens is 382 g/mol. The van der Waals surface area contributed by atoms with Gasteiger partial charge in [-0.05, 0) is 62.2 Å². The number of nitrogens with zero attached hydrogens (tertiary/aromatic N) is 1. The van der Waals surface area contributed by atoms with Crippen LogP contribution in [0.2, 0.25) is 0 Å². The first-order chi connectivity index (χ1) is 13.4. The Balaban J connectivity index is 1.56. The largest absolute Gasteiger partial charge is 0.462 e. The molecular formula is C19H21N3O5S. The number of aryl methyl sites for hydroxylation is 1. The molecule has 2 heterocycles. The smallest absolute Gasteiger partial charge is 0.269 e. The Hall–Kier alpha value is -2.91. The van der Waals surface area contributed by atoms with Crippen molar-refractivity contribution in [3.05, 3.63) is 59.6 Å². The molecule has 8 nitrogen and oxygen atoms in total. The van der Waals surface area contributed by atoms with Crippen molar-refractivity contribution in [2.75, 3.05) is 13.1 Å². The first kappa shape index (κ1) is 19.8. The van der Waals surface area contributed by atoms with Crippen molar-refractivity contribution in [1.29, 1.82) is 0 Å². The summed E-state index contributed by atoms with van der Waals surface area (Å²) in [5, 5.41) is 0. The lowest BCUT2D eigenvalue weighted by Crippen LogP contribution is -2.40. The van der Waals surface area contributed by atoms with E-state index in [-0.39, 0.29) is 10.5 Å². The quantitative estimate of drug-likeness (QED) is 0.585. The lowest BCUT2D eigenvalue weighted by molar-refractivity contribution is -0.117. The average Bonchev–Trinajstić information content (AvgIpc) is 3.36. The average molecular weight is 403 g/mol. The van der Waals surface area contributed by atoms with E-state index in [4.69, 9.17) is 4.42 Å². The normalized spacial score (nSPS) is 15.0. The third-order valence-corrected chi connectivity index (χ3v) is 6.19. The highest BCUT2D eigenvalue weighted by Gasteiger charge is 2.27. The second-order valence-electron chi connectivity index (χ2n) is 6.36. The van der Waals surface area contributed by atoms with Crippen molar-refractivity contribution in [3.8, 4) is 0 Å². The van der Waals surface area contributed by atoms with Crippen LogP contribution in [0.4, 0.5) is 0 Å². The number of furan rings is 1. The van der Waals surface area contributed by atoms with Gasteiger partial charge in [-0.3, -0.25) is 20.4 Å². The van der Waals surface area contributed by atoms with Gasteiger partial charge in [-0.2, -0.15) is 4.31 Å². The molecule has 148 valence electrons. The molecule has 0 bridgehead atoms. The lowest BCUT2D eigenvalue weighted by atomic mass is 10.2. The van der Waals surface area contributed by atoms with Crippen LogP contribution in [0.15, 0.2) is 51.8 Å². The molecule has 28 heavy (non-hydrogen) atoms. The number of sulfonamides is 1. The van der Waals surface area contributed by atoms with Crippen LogP contribution >= 0.6 is 0 Å². The molecule has 1 aromatic heterocycles. The van der Waals surface area contributed by atoms with Crippen LogP contribution in [0.25, 0.3) is 6.08 Å². The van der Waals surface area contributed by atoms with E-state index < -0.39 is 21.8 Å². The van der Waals surface area contributed by atoms with Gasteiger partial charge in [0.15, 0.2) is 0 Å². The van der Waals surface area contributed by atoms with Gasteiger partial charge in [0.2, 0.25) is 10.0 Å². The van der Waals surface area contributed by atoms with E-state index in [1.54, 1.807) is 19.1 Å². The molecule has 0 unspecified atom stereocenters. The van der Waals surface area contributed by atoms with Crippen LogP contribution in [0.3, 0.4) is 0 Å². The van der Waals surface area contributed by atoms with Crippen molar-refractivity contribution >= 4 is 27.9 Å². The Morgan fingerprint density at radius 2 is 1.71 bits per heavy atom. The third-order valence-electron chi connectivity index (χ3n) is 4.28. The minimum atomic E-state index is -3.53. The van der Waals surface area contributed by atoms with Crippen LogP contribution in [-0.2, 0) is 14.8 Å². The topological polar surface area (TPSA) is 109 Å². The third kappa shape index (κ3) is 4.68. The van der Waals surface area contributed by atoms with Gasteiger partial charge in [-0.1, -0.05) is 0 Å². The fourth-order valence-corrected chi connectivity index (χ4v) is 4.31. The maximum absolute atomic E-state index is 12.5. The number of benzene rings is 1. The summed E-state index contributed by atoms with van der Waals surface area (Å²) < 4.78 is 31.7. The highest BCUT2D eigenvalue weighted by molar-refractivity contribution is 7.89. The van der Waals surface area contributed by atoms with Crippen molar-refractivity contribution in [3.63, 3.8) is 0 Å². The van der Waals surface area contributed by atoms with Crippen LogP contribution in [0.5, 0.6) is 0 Å². The standard InChI is InChI=1S/C19H21N3O5S/c1-14-4-7-16(27-14)8-11-18(23)20-21-19(24)15-5-9-17(10-6-15)28(25,26)22-12-2-3-13-22/h4-11H,2-3,12-13H2,1H3,(H,20,23)(H,21,24)/b11-8+. The van der Waals surface area contributed by atoms with Crippen LogP contribution in [0.1, 0.15) is 34.7 Å². The molecule has 1 aromatic carbocycles. The number of carbonyl (C=O) groups excluding carboxylic acids is 2. The minimum Gasteiger partial charge on any atom is -0.462 e. The van der Waals surface area contributed by atoms with Crippen LogP contribution < -0.4 is 10.9 Å². The van der Waals surface area contributed by atoms with Gasteiger partial charge < -0.3 is 4.42 Å². The Morgan fingerprint density at radius 3 is 2.32 bits per heavy atom. The van der Waals surface area contributed by atoms with Crippen molar-refractivity contribution in [1.82, 2.24) is 15.2 Å². The first-order valence-corrected chi connectivity index (χ1v) is 10.3. The van der Waals surface area contributed by atoms with Gasteiger partial charge in [0.05, 0.1) is 4.90 Å². The summed E-state index contributed by atoms with van der Waals surface area (Å²) in [6, 6.07) is 9.09. The molecule has 1 aliphatic heterocycles. The Bertz CT molecular complexity index is 987. The Morgan fingerprint density at radius 1 is 1.04 bits per heavy atom. The molecule has 0 saturated carbocycles. The van der Waals surface area contributed by atoms with E-state index >= 15 is 0 Å². The maximum atomic E-state index is 12.5. The van der Waals surface area contributed by atoms with E-state index in [1.165, 1.54) is 40.7 Å². The van der Waals surface area contributed by atoms with Gasteiger partial charge in [0.25, 0.3) is 11.8 Å². The zero-order valence-electron chi connectivity index (χ0n) is 15.3. The second-order valence-corrected chi connectivity index (χ2v) is 8.30. The van der Waals surface area contributed by atoms with Crippen molar-refractivity contribution in [2.24, 2.45) is 0 Å². The van der Waals surface area contributed by atoms with Gasteiger partial charge in [0, 0.05) is 24.7 Å². The molecule has 9 heteroatoms. The summed E-state index contributed by atoms with van der Waals surface area (Å²) in [5.74, 6) is 0.161. The summed E-state index contributed by atoms with van der Waals surface area (Å²) in [6.07, 6.45) is 4.41. The molecule has 0 atom stereocenters. The number of rotatable bonds is 5. The molecule has 2 N–H and O–H groups in total. The molecule has 2 aromatic rings. The van der Waals surface area contributed by atoms with Crippen molar-refractivity contribution < 1.29 is 22.4 Å². The van der Waals surface area contributed by atoms with E-state index in [1.807, 2.05) is 0 Å². The van der Waals surface area contributed by atoms with Gasteiger partial charge in [0.1, 0.15) is 11.5 Å². The number of amides is 2. The zero-order chi connectivity index (χ0) is 20.1. The fourth-order valence-electron chi connectivity index (χ4n) is 2.79. The fraction of sp³-hybridized carbons (Fsp3) is 0.263. The number of hydrazine groups is 1. The highest BCUT2D eigenvalue weighted by atomic mass is 32.2. The van der Waals surface area contributed by atoms with E-state index in [0.717, 1.165) is 18.6 Å². The highest BCUT2D eigenvalue weighted by Crippen LogP contribution is 2.21. The number of hydrogen-bond acceptors (Lipinski definition) is 5. The molecule has 0 spiro atoms. The monoisotopic (exact) mass is 403 g/mol. The summed E-state index contributed by atoms with van der Waals surface area (Å²) in [5.41, 5.74) is 4.76. The summed E-state index contributed by atoms with van der Waals surface area (Å²) in [7, 11) is -3.53. The summed E-state index contributed by atoms with van der Waals surface area (Å²) in [4.78, 5) is 24.0. The molecule has 1 fully saturated rings. The van der Waals surface area contributed by atoms with E-state index in [9.17, 15) is 18.0 Å². The summed E-state index contributed by atoms with van der Waals surface area (Å²) in [6.45, 7) is 2.82.